The molecule has 0 radical (unpaired) electrons. The number of amides is 2. The SMILES string of the molecule is CCOC(=O)CCC1(CCC(=O)OCC)C(=O)N(c2ccccc2OC)C(=S)N(c2ccccc2OC)C1=O. The third-order valence-electron chi connectivity index (χ3n) is 6.38. The monoisotopic (exact) mass is 556 g/mol. The summed E-state index contributed by atoms with van der Waals surface area (Å²) in [4.78, 5) is 56.1. The molecule has 1 aliphatic heterocycles. The van der Waals surface area contributed by atoms with E-state index in [0.29, 0.717) is 22.9 Å². The molecule has 2 amide bonds. The number of methoxy groups -OCH3 is 2. The van der Waals surface area contributed by atoms with Crippen molar-refractivity contribution in [3.63, 3.8) is 0 Å². The molecule has 10 nitrogen and oxygen atoms in total. The Balaban J connectivity index is 2.25. The van der Waals surface area contributed by atoms with E-state index in [1.54, 1.807) is 62.4 Å². The second kappa shape index (κ2) is 13.2. The van der Waals surface area contributed by atoms with Crippen LogP contribution >= 0.6 is 12.2 Å². The summed E-state index contributed by atoms with van der Waals surface area (Å²) < 4.78 is 21.2. The molecule has 0 spiro atoms. The van der Waals surface area contributed by atoms with Crippen LogP contribution < -0.4 is 19.3 Å². The molecule has 0 unspecified atom stereocenters. The number of rotatable bonds is 12. The Kier molecular flexibility index (Phi) is 10.00. The van der Waals surface area contributed by atoms with Gasteiger partial charge in [-0.25, -0.2) is 0 Å². The van der Waals surface area contributed by atoms with Crippen LogP contribution in [0.5, 0.6) is 11.5 Å². The highest BCUT2D eigenvalue weighted by Gasteiger charge is 2.57. The first-order valence-corrected chi connectivity index (χ1v) is 13.0. The van der Waals surface area contributed by atoms with E-state index in [-0.39, 0.29) is 44.0 Å². The molecule has 0 aromatic heterocycles. The minimum Gasteiger partial charge on any atom is -0.495 e. The normalized spacial score (nSPS) is 14.7. The van der Waals surface area contributed by atoms with Crippen LogP contribution in [0.15, 0.2) is 48.5 Å². The first kappa shape index (κ1) is 29.6. The van der Waals surface area contributed by atoms with Gasteiger partial charge in [-0.05, 0) is 63.2 Å². The topological polar surface area (TPSA) is 112 Å². The van der Waals surface area contributed by atoms with E-state index in [9.17, 15) is 19.2 Å². The van der Waals surface area contributed by atoms with Crippen LogP contribution in [0.3, 0.4) is 0 Å². The quantitative estimate of drug-likeness (QED) is 0.217. The van der Waals surface area contributed by atoms with Crippen LogP contribution in [0.2, 0.25) is 0 Å². The van der Waals surface area contributed by atoms with Gasteiger partial charge < -0.3 is 18.9 Å². The average Bonchev–Trinajstić information content (AvgIpc) is 2.93. The van der Waals surface area contributed by atoms with Crippen molar-refractivity contribution in [2.75, 3.05) is 37.2 Å². The molecule has 39 heavy (non-hydrogen) atoms. The zero-order chi connectivity index (χ0) is 28.6. The lowest BCUT2D eigenvalue weighted by Gasteiger charge is -2.46. The highest BCUT2D eigenvalue weighted by Crippen LogP contribution is 2.45. The van der Waals surface area contributed by atoms with Crippen molar-refractivity contribution in [3.8, 4) is 11.5 Å². The molecular formula is C28H32N2O8S. The molecule has 1 heterocycles. The van der Waals surface area contributed by atoms with Gasteiger partial charge in [0.15, 0.2) is 5.11 Å². The van der Waals surface area contributed by atoms with Crippen molar-refractivity contribution in [1.82, 2.24) is 0 Å². The van der Waals surface area contributed by atoms with E-state index in [1.807, 2.05) is 0 Å². The standard InChI is InChI=1S/C28H32N2O8S/c1-5-37-23(31)15-17-28(18-16-24(32)38-6-2)25(33)29(19-11-7-9-13-21(19)35-3)27(39)30(26(28)34)20-12-8-10-14-22(20)36-4/h7-14H,5-6,15-18H2,1-4H3. The van der Waals surface area contributed by atoms with Gasteiger partial charge in [0.1, 0.15) is 16.9 Å². The van der Waals surface area contributed by atoms with Crippen molar-refractivity contribution in [3.05, 3.63) is 48.5 Å². The Morgan fingerprint density at radius 3 is 1.49 bits per heavy atom. The van der Waals surface area contributed by atoms with Crippen molar-refractivity contribution in [2.24, 2.45) is 5.41 Å². The number of thiocarbonyl (C=S) groups is 1. The van der Waals surface area contributed by atoms with Crippen molar-refractivity contribution in [1.29, 1.82) is 0 Å². The minimum absolute atomic E-state index is 0.123. The third kappa shape index (κ3) is 6.03. The van der Waals surface area contributed by atoms with Crippen LogP contribution in [0, 0.1) is 5.41 Å². The Bertz CT molecular complexity index is 1150. The first-order chi connectivity index (χ1) is 18.7. The van der Waals surface area contributed by atoms with Gasteiger partial charge in [0.05, 0.1) is 38.8 Å². The molecule has 0 saturated carbocycles. The van der Waals surface area contributed by atoms with Gasteiger partial charge >= 0.3 is 11.9 Å². The van der Waals surface area contributed by atoms with Gasteiger partial charge in [0.2, 0.25) is 11.8 Å². The first-order valence-electron chi connectivity index (χ1n) is 12.6. The van der Waals surface area contributed by atoms with Crippen LogP contribution in [-0.2, 0) is 28.7 Å². The number of benzene rings is 2. The molecule has 3 rings (SSSR count). The smallest absolute Gasteiger partial charge is 0.305 e. The van der Waals surface area contributed by atoms with Gasteiger partial charge in [-0.1, -0.05) is 24.3 Å². The number of para-hydroxylation sites is 4. The molecule has 1 aliphatic rings. The lowest BCUT2D eigenvalue weighted by Crippen LogP contribution is -2.66. The molecule has 0 N–H and O–H groups in total. The Labute approximate surface area is 232 Å². The predicted molar refractivity (Wildman–Crippen MR) is 148 cm³/mol. The van der Waals surface area contributed by atoms with Gasteiger partial charge in [-0.15, -0.1) is 0 Å². The summed E-state index contributed by atoms with van der Waals surface area (Å²) in [6, 6.07) is 13.5. The lowest BCUT2D eigenvalue weighted by molar-refractivity contribution is -0.147. The number of nitrogens with zero attached hydrogens (tertiary/aromatic N) is 2. The summed E-state index contributed by atoms with van der Waals surface area (Å²) >= 11 is 5.75. The summed E-state index contributed by atoms with van der Waals surface area (Å²) in [6.07, 6.45) is -0.910. The molecule has 0 bridgehead atoms. The van der Waals surface area contributed by atoms with E-state index in [1.165, 1.54) is 24.0 Å². The summed E-state index contributed by atoms with van der Waals surface area (Å²) in [6.45, 7) is 3.61. The fourth-order valence-electron chi connectivity index (χ4n) is 4.50. The van der Waals surface area contributed by atoms with Crippen LogP contribution in [0.4, 0.5) is 11.4 Å². The maximum Gasteiger partial charge on any atom is 0.305 e. The third-order valence-corrected chi connectivity index (χ3v) is 6.75. The Morgan fingerprint density at radius 2 is 1.13 bits per heavy atom. The average molecular weight is 557 g/mol. The number of anilines is 2. The van der Waals surface area contributed by atoms with Crippen LogP contribution in [0.25, 0.3) is 0 Å². The zero-order valence-corrected chi connectivity index (χ0v) is 23.2. The lowest BCUT2D eigenvalue weighted by atomic mass is 9.74. The number of hydrogen-bond donors (Lipinski definition) is 0. The molecule has 2 aromatic rings. The predicted octanol–water partition coefficient (Wildman–Crippen LogP) is 4.04. The van der Waals surface area contributed by atoms with E-state index in [2.05, 4.69) is 0 Å². The summed E-state index contributed by atoms with van der Waals surface area (Å²) in [7, 11) is 2.91. The van der Waals surface area contributed by atoms with E-state index >= 15 is 0 Å². The van der Waals surface area contributed by atoms with Gasteiger partial charge in [0, 0.05) is 12.8 Å². The molecule has 1 saturated heterocycles. The highest BCUT2D eigenvalue weighted by molar-refractivity contribution is 7.81. The largest absolute Gasteiger partial charge is 0.495 e. The molecular weight excluding hydrogens is 524 g/mol. The van der Waals surface area contributed by atoms with Gasteiger partial charge in [0.25, 0.3) is 0 Å². The fourth-order valence-corrected chi connectivity index (χ4v) is 4.86. The summed E-state index contributed by atoms with van der Waals surface area (Å²) in [5.74, 6) is -1.83. The molecule has 0 atom stereocenters. The number of ether oxygens (including phenoxy) is 4. The molecule has 2 aromatic carbocycles. The van der Waals surface area contributed by atoms with Crippen molar-refractivity contribution in [2.45, 2.75) is 39.5 Å². The second-order valence-electron chi connectivity index (χ2n) is 8.60. The van der Waals surface area contributed by atoms with Crippen LogP contribution in [0.1, 0.15) is 39.5 Å². The Morgan fingerprint density at radius 1 is 0.744 bits per heavy atom. The van der Waals surface area contributed by atoms with Crippen LogP contribution in [-0.4, -0.2) is 56.3 Å². The number of esters is 2. The van der Waals surface area contributed by atoms with Gasteiger partial charge in [-0.3, -0.25) is 29.0 Å². The summed E-state index contributed by atoms with van der Waals surface area (Å²) in [5.41, 5.74) is -1.25. The van der Waals surface area contributed by atoms with Gasteiger partial charge in [-0.2, -0.15) is 0 Å². The molecule has 11 heteroatoms. The van der Waals surface area contributed by atoms with Crippen molar-refractivity contribution < 1.29 is 38.1 Å². The number of hydrogen-bond acceptors (Lipinski definition) is 9. The number of carbonyl (C=O) groups excluding carboxylic acids is 4. The van der Waals surface area contributed by atoms with Crippen molar-refractivity contribution >= 4 is 52.5 Å². The second-order valence-corrected chi connectivity index (χ2v) is 8.96. The molecule has 208 valence electrons. The maximum atomic E-state index is 14.4. The number of carbonyl (C=O) groups is 4. The van der Waals surface area contributed by atoms with E-state index in [4.69, 9.17) is 31.2 Å². The highest BCUT2D eigenvalue weighted by atomic mass is 32.1. The minimum atomic E-state index is -1.86. The van der Waals surface area contributed by atoms with E-state index < -0.39 is 29.2 Å². The maximum absolute atomic E-state index is 14.4. The Hall–Kier alpha value is -3.99. The molecule has 0 aliphatic carbocycles. The summed E-state index contributed by atoms with van der Waals surface area (Å²) in [5, 5.41) is -0.123. The molecule has 1 fully saturated rings. The fraction of sp³-hybridized carbons (Fsp3) is 0.393. The van der Waals surface area contributed by atoms with E-state index in [0.717, 1.165) is 0 Å². The zero-order valence-electron chi connectivity index (χ0n) is 22.4.